The fraction of sp³-hybridized carbons (Fsp3) is 0.375. The van der Waals surface area contributed by atoms with E-state index in [1.165, 1.54) is 6.20 Å². The van der Waals surface area contributed by atoms with E-state index < -0.39 is 5.91 Å². The molecule has 0 saturated heterocycles. The van der Waals surface area contributed by atoms with Gasteiger partial charge in [0.25, 0.3) is 5.91 Å². The lowest BCUT2D eigenvalue weighted by molar-refractivity contribution is 0.0914. The summed E-state index contributed by atoms with van der Waals surface area (Å²) in [4.78, 5) is 27.7. The lowest BCUT2D eigenvalue weighted by atomic mass is 10.1. The molecule has 1 atom stereocenters. The first-order chi connectivity index (χ1) is 11.1. The van der Waals surface area contributed by atoms with Crippen LogP contribution in [0.15, 0.2) is 29.2 Å². The van der Waals surface area contributed by atoms with Gasteiger partial charge in [-0.3, -0.25) is 9.59 Å². The number of pyridine rings is 1. The van der Waals surface area contributed by atoms with Crippen molar-refractivity contribution in [2.75, 3.05) is 25.7 Å². The quantitative estimate of drug-likeness (QED) is 0.710. The summed E-state index contributed by atoms with van der Waals surface area (Å²) in [6.45, 7) is -0.158. The third kappa shape index (κ3) is 4.05. The van der Waals surface area contributed by atoms with E-state index in [0.29, 0.717) is 23.1 Å². The Balaban J connectivity index is 2.27. The predicted octanol–water partition coefficient (Wildman–Crippen LogP) is 1.38. The summed E-state index contributed by atoms with van der Waals surface area (Å²) < 4.78 is 5.11. The molecule has 0 aliphatic rings. The molecular weight excluding hydrogens is 316 g/mol. The summed E-state index contributed by atoms with van der Waals surface area (Å²) in [5, 5.41) is 12.4. The molecule has 7 heteroatoms. The number of H-pyrrole nitrogens is 1. The van der Waals surface area contributed by atoms with Gasteiger partial charge in [0.15, 0.2) is 0 Å². The van der Waals surface area contributed by atoms with Gasteiger partial charge in [-0.05, 0) is 30.6 Å². The molecule has 23 heavy (non-hydrogen) atoms. The van der Waals surface area contributed by atoms with Crippen LogP contribution in [0.25, 0.3) is 10.9 Å². The molecule has 0 aliphatic carbocycles. The zero-order chi connectivity index (χ0) is 16.8. The Morgan fingerprint density at radius 1 is 1.48 bits per heavy atom. The molecule has 2 aromatic rings. The SMILES string of the molecule is COc1ccc2c(=O)c(C(=O)NC(CO)CCSC)c[nH]c2c1. The Hall–Kier alpha value is -1.99. The highest BCUT2D eigenvalue weighted by molar-refractivity contribution is 7.98. The lowest BCUT2D eigenvalue weighted by Crippen LogP contribution is -2.39. The first-order valence-electron chi connectivity index (χ1n) is 7.20. The Bertz CT molecular complexity index is 744. The average Bonchev–Trinajstić information content (AvgIpc) is 2.58. The molecule has 0 aliphatic heterocycles. The average molecular weight is 336 g/mol. The van der Waals surface area contributed by atoms with Crippen LogP contribution in [-0.4, -0.2) is 47.8 Å². The van der Waals surface area contributed by atoms with Crippen molar-refractivity contribution in [3.05, 3.63) is 40.2 Å². The molecule has 1 unspecified atom stereocenters. The first-order valence-corrected chi connectivity index (χ1v) is 8.60. The molecule has 1 aromatic carbocycles. The topological polar surface area (TPSA) is 91.4 Å². The molecule has 0 bridgehead atoms. The van der Waals surface area contributed by atoms with E-state index in [9.17, 15) is 14.7 Å². The molecule has 1 amide bonds. The normalized spacial score (nSPS) is 12.1. The van der Waals surface area contributed by atoms with Crippen molar-refractivity contribution >= 4 is 28.6 Å². The summed E-state index contributed by atoms with van der Waals surface area (Å²) >= 11 is 1.63. The first kappa shape index (κ1) is 17.4. The molecule has 6 nitrogen and oxygen atoms in total. The number of aliphatic hydroxyl groups is 1. The van der Waals surface area contributed by atoms with E-state index in [2.05, 4.69) is 10.3 Å². The number of amides is 1. The number of carbonyl (C=O) groups is 1. The van der Waals surface area contributed by atoms with E-state index >= 15 is 0 Å². The molecule has 0 fully saturated rings. The van der Waals surface area contributed by atoms with Crippen molar-refractivity contribution in [2.24, 2.45) is 0 Å². The number of thioether (sulfide) groups is 1. The van der Waals surface area contributed by atoms with Crippen LogP contribution in [0.1, 0.15) is 16.8 Å². The van der Waals surface area contributed by atoms with Crippen molar-refractivity contribution in [1.82, 2.24) is 10.3 Å². The maximum absolute atomic E-state index is 12.5. The standard InChI is InChI=1S/C16H20N2O4S/c1-22-11-3-4-12-14(7-11)17-8-13(15(12)20)16(21)18-10(9-19)5-6-23-2/h3-4,7-8,10,19H,5-6,9H2,1-2H3,(H,17,20)(H,18,21). The van der Waals surface area contributed by atoms with Crippen LogP contribution in [0.3, 0.4) is 0 Å². The number of benzene rings is 1. The molecule has 1 aromatic heterocycles. The number of rotatable bonds is 7. The minimum absolute atomic E-state index is 0.0327. The van der Waals surface area contributed by atoms with Crippen LogP contribution in [0.4, 0.5) is 0 Å². The van der Waals surface area contributed by atoms with Crippen LogP contribution < -0.4 is 15.5 Å². The Labute approximate surface area is 138 Å². The van der Waals surface area contributed by atoms with Crippen molar-refractivity contribution in [2.45, 2.75) is 12.5 Å². The summed E-state index contributed by atoms with van der Waals surface area (Å²) in [6.07, 6.45) is 3.99. The summed E-state index contributed by atoms with van der Waals surface area (Å²) in [7, 11) is 1.55. The molecule has 2 rings (SSSR count). The van der Waals surface area contributed by atoms with Gasteiger partial charge in [0.1, 0.15) is 11.3 Å². The van der Waals surface area contributed by atoms with E-state index in [1.807, 2.05) is 6.26 Å². The smallest absolute Gasteiger partial charge is 0.257 e. The van der Waals surface area contributed by atoms with Gasteiger partial charge < -0.3 is 20.1 Å². The van der Waals surface area contributed by atoms with Crippen molar-refractivity contribution in [1.29, 1.82) is 0 Å². The Morgan fingerprint density at radius 2 is 2.26 bits per heavy atom. The number of aromatic amines is 1. The predicted molar refractivity (Wildman–Crippen MR) is 92.5 cm³/mol. The number of aliphatic hydroxyl groups excluding tert-OH is 1. The monoisotopic (exact) mass is 336 g/mol. The number of aromatic nitrogens is 1. The van der Waals surface area contributed by atoms with E-state index in [1.54, 1.807) is 37.1 Å². The third-order valence-electron chi connectivity index (χ3n) is 3.56. The number of carbonyl (C=O) groups excluding carboxylic acids is 1. The second kappa shape index (κ2) is 8.03. The third-order valence-corrected chi connectivity index (χ3v) is 4.20. The number of hydrogen-bond donors (Lipinski definition) is 3. The number of methoxy groups -OCH3 is 1. The Morgan fingerprint density at radius 3 is 2.91 bits per heavy atom. The number of fused-ring (bicyclic) bond motifs is 1. The summed E-state index contributed by atoms with van der Waals surface area (Å²) in [5.74, 6) is 0.964. The maximum Gasteiger partial charge on any atom is 0.257 e. The number of ether oxygens (including phenoxy) is 1. The molecule has 3 N–H and O–H groups in total. The molecular formula is C16H20N2O4S. The minimum atomic E-state index is -0.482. The van der Waals surface area contributed by atoms with Crippen LogP contribution in [-0.2, 0) is 0 Å². The van der Waals surface area contributed by atoms with Crippen LogP contribution in [0.2, 0.25) is 0 Å². The zero-order valence-electron chi connectivity index (χ0n) is 13.1. The summed E-state index contributed by atoms with van der Waals surface area (Å²) in [5.41, 5.74) is 0.290. The zero-order valence-corrected chi connectivity index (χ0v) is 13.9. The largest absolute Gasteiger partial charge is 0.497 e. The van der Waals surface area contributed by atoms with Gasteiger partial charge in [-0.15, -0.1) is 0 Å². The van der Waals surface area contributed by atoms with Gasteiger partial charge in [0.2, 0.25) is 5.43 Å². The lowest BCUT2D eigenvalue weighted by Gasteiger charge is -2.15. The number of nitrogens with one attached hydrogen (secondary N) is 2. The second-order valence-electron chi connectivity index (χ2n) is 5.08. The molecule has 0 radical (unpaired) electrons. The highest BCUT2D eigenvalue weighted by atomic mass is 32.2. The van der Waals surface area contributed by atoms with E-state index in [4.69, 9.17) is 4.74 Å². The van der Waals surface area contributed by atoms with Crippen LogP contribution in [0.5, 0.6) is 5.75 Å². The highest BCUT2D eigenvalue weighted by Crippen LogP contribution is 2.16. The van der Waals surface area contributed by atoms with Crippen molar-refractivity contribution < 1.29 is 14.6 Å². The molecule has 124 valence electrons. The fourth-order valence-electron chi connectivity index (χ4n) is 2.23. The van der Waals surface area contributed by atoms with Gasteiger partial charge in [-0.25, -0.2) is 0 Å². The maximum atomic E-state index is 12.5. The number of hydrogen-bond acceptors (Lipinski definition) is 5. The minimum Gasteiger partial charge on any atom is -0.497 e. The molecule has 0 spiro atoms. The van der Waals surface area contributed by atoms with Crippen molar-refractivity contribution in [3.8, 4) is 5.75 Å². The van der Waals surface area contributed by atoms with Crippen molar-refractivity contribution in [3.63, 3.8) is 0 Å². The van der Waals surface area contributed by atoms with Crippen LogP contribution >= 0.6 is 11.8 Å². The molecule has 0 saturated carbocycles. The van der Waals surface area contributed by atoms with Gasteiger partial charge in [0.05, 0.1) is 25.3 Å². The van der Waals surface area contributed by atoms with Gasteiger partial charge in [-0.2, -0.15) is 11.8 Å². The Kier molecular flexibility index (Phi) is 6.06. The molecule has 1 heterocycles. The fourth-order valence-corrected chi connectivity index (χ4v) is 2.75. The van der Waals surface area contributed by atoms with Gasteiger partial charge in [-0.1, -0.05) is 0 Å². The highest BCUT2D eigenvalue weighted by Gasteiger charge is 2.17. The summed E-state index contributed by atoms with van der Waals surface area (Å²) in [6, 6.07) is 4.64. The second-order valence-corrected chi connectivity index (χ2v) is 6.06. The van der Waals surface area contributed by atoms with Gasteiger partial charge in [0, 0.05) is 17.6 Å². The van der Waals surface area contributed by atoms with Gasteiger partial charge >= 0.3 is 0 Å². The van der Waals surface area contributed by atoms with Crippen LogP contribution in [0, 0.1) is 0 Å². The van der Waals surface area contributed by atoms with E-state index in [-0.39, 0.29) is 23.6 Å². The van der Waals surface area contributed by atoms with E-state index in [0.717, 1.165) is 5.75 Å².